The maximum Gasteiger partial charge on any atom is 0.238 e. The highest BCUT2D eigenvalue weighted by atomic mass is 32.2. The molecule has 1 amide bonds. The van der Waals surface area contributed by atoms with Gasteiger partial charge in [0.25, 0.3) is 0 Å². The Balaban J connectivity index is 1.81. The van der Waals surface area contributed by atoms with Gasteiger partial charge in [0.2, 0.25) is 15.9 Å². The monoisotopic (exact) mass is 351 g/mol. The van der Waals surface area contributed by atoms with Crippen molar-refractivity contribution in [2.45, 2.75) is 45.1 Å². The van der Waals surface area contributed by atoms with E-state index in [0.29, 0.717) is 19.5 Å². The number of carbonyl (C=O) groups is 1. The minimum Gasteiger partial charge on any atom is -0.333 e. The summed E-state index contributed by atoms with van der Waals surface area (Å²) in [5.41, 5.74) is 2.19. The molecule has 1 aromatic heterocycles. The van der Waals surface area contributed by atoms with Crippen molar-refractivity contribution in [1.29, 1.82) is 0 Å². The van der Waals surface area contributed by atoms with Crippen molar-refractivity contribution in [3.63, 3.8) is 0 Å². The third kappa shape index (κ3) is 3.47. The van der Waals surface area contributed by atoms with Gasteiger partial charge in [-0.3, -0.25) is 9.78 Å². The second-order valence-corrected chi connectivity index (χ2v) is 8.63. The zero-order chi connectivity index (χ0) is 17.2. The van der Waals surface area contributed by atoms with E-state index in [1.54, 1.807) is 6.20 Å². The van der Waals surface area contributed by atoms with Crippen LogP contribution in [0.1, 0.15) is 49.9 Å². The first-order chi connectivity index (χ1) is 11.5. The van der Waals surface area contributed by atoms with E-state index < -0.39 is 10.0 Å². The molecule has 1 aromatic rings. The summed E-state index contributed by atoms with van der Waals surface area (Å²) >= 11 is 0. The fourth-order valence-electron chi connectivity index (χ4n) is 3.69. The number of amides is 1. The minimum atomic E-state index is -3.25. The average Bonchev–Trinajstić information content (AvgIpc) is 2.90. The van der Waals surface area contributed by atoms with Crippen LogP contribution in [-0.4, -0.2) is 53.9 Å². The minimum absolute atomic E-state index is 0.0345. The van der Waals surface area contributed by atoms with Crippen LogP contribution in [-0.2, 0) is 21.2 Å². The zero-order valence-electron chi connectivity index (χ0n) is 14.1. The number of aromatic nitrogens is 1. The van der Waals surface area contributed by atoms with Gasteiger partial charge in [-0.25, -0.2) is 8.42 Å². The van der Waals surface area contributed by atoms with E-state index in [4.69, 9.17) is 0 Å². The molecule has 0 aromatic carbocycles. The first-order valence-corrected chi connectivity index (χ1v) is 10.3. The Hall–Kier alpha value is -1.47. The predicted molar refractivity (Wildman–Crippen MR) is 91.9 cm³/mol. The molecule has 1 unspecified atom stereocenters. The van der Waals surface area contributed by atoms with E-state index in [0.717, 1.165) is 31.4 Å². The van der Waals surface area contributed by atoms with Crippen LogP contribution < -0.4 is 0 Å². The zero-order valence-corrected chi connectivity index (χ0v) is 15.0. The topological polar surface area (TPSA) is 70.6 Å². The average molecular weight is 351 g/mol. The highest BCUT2D eigenvalue weighted by Crippen LogP contribution is 2.33. The van der Waals surface area contributed by atoms with Gasteiger partial charge in [-0.1, -0.05) is 13.0 Å². The second-order valence-electron chi connectivity index (χ2n) is 6.55. The molecular formula is C17H25N3O3S. The smallest absolute Gasteiger partial charge is 0.238 e. The van der Waals surface area contributed by atoms with Gasteiger partial charge in [0.05, 0.1) is 24.0 Å². The van der Waals surface area contributed by atoms with Gasteiger partial charge in [0.1, 0.15) is 0 Å². The van der Waals surface area contributed by atoms with Gasteiger partial charge in [0, 0.05) is 19.3 Å². The molecular weight excluding hydrogens is 326 g/mol. The van der Waals surface area contributed by atoms with Crippen LogP contribution >= 0.6 is 0 Å². The normalized spacial score (nSPS) is 23.0. The summed E-state index contributed by atoms with van der Waals surface area (Å²) in [5, 5.41) is 0. The molecule has 24 heavy (non-hydrogen) atoms. The van der Waals surface area contributed by atoms with Gasteiger partial charge in [-0.2, -0.15) is 4.31 Å². The molecule has 0 bridgehead atoms. The number of pyridine rings is 1. The maximum absolute atomic E-state index is 12.9. The lowest BCUT2D eigenvalue weighted by molar-refractivity contribution is -0.134. The fraction of sp³-hybridized carbons (Fsp3) is 0.647. The molecule has 132 valence electrons. The molecule has 2 aliphatic rings. The molecule has 1 saturated heterocycles. The molecule has 2 heterocycles. The first-order valence-electron chi connectivity index (χ1n) is 8.74. The van der Waals surface area contributed by atoms with Crippen LogP contribution in [0.2, 0.25) is 0 Å². The van der Waals surface area contributed by atoms with Gasteiger partial charge in [-0.05, 0) is 43.7 Å². The summed E-state index contributed by atoms with van der Waals surface area (Å²) in [6.45, 7) is 3.08. The molecule has 1 aliphatic heterocycles. The third-order valence-electron chi connectivity index (χ3n) is 4.84. The number of fused-ring (bicyclic) bond motifs is 1. The van der Waals surface area contributed by atoms with Crippen LogP contribution in [0.25, 0.3) is 0 Å². The molecule has 0 spiro atoms. The highest BCUT2D eigenvalue weighted by Gasteiger charge is 2.34. The number of nitrogens with zero attached hydrogens (tertiary/aromatic N) is 3. The van der Waals surface area contributed by atoms with E-state index in [9.17, 15) is 13.2 Å². The molecule has 0 N–H and O–H groups in total. The molecule has 1 aliphatic carbocycles. The van der Waals surface area contributed by atoms with Gasteiger partial charge in [-0.15, -0.1) is 0 Å². The highest BCUT2D eigenvalue weighted by molar-refractivity contribution is 7.89. The molecule has 7 heteroatoms. The van der Waals surface area contributed by atoms with Gasteiger partial charge in [0.15, 0.2) is 0 Å². The Morgan fingerprint density at radius 1 is 1.42 bits per heavy atom. The molecule has 1 fully saturated rings. The van der Waals surface area contributed by atoms with Crippen molar-refractivity contribution in [3.8, 4) is 0 Å². The SMILES string of the molecule is CCCN(C(=O)CN1CCCS1(=O)=O)C1CCCc2cccnc21. The van der Waals surface area contributed by atoms with Gasteiger partial charge < -0.3 is 4.90 Å². The number of sulfonamides is 1. The molecule has 3 rings (SSSR count). The standard InChI is InChI=1S/C17H25N3O3S/c1-2-10-20(16(21)13-19-11-5-12-24(19,22)23)15-8-3-6-14-7-4-9-18-17(14)15/h4,7,9,15H,2-3,5-6,8,10-13H2,1H3. The van der Waals surface area contributed by atoms with Crippen LogP contribution in [0.4, 0.5) is 0 Å². The van der Waals surface area contributed by atoms with Crippen molar-refractivity contribution >= 4 is 15.9 Å². The Morgan fingerprint density at radius 3 is 2.96 bits per heavy atom. The number of aryl methyl sites for hydroxylation is 1. The largest absolute Gasteiger partial charge is 0.333 e. The first kappa shape index (κ1) is 17.4. The fourth-order valence-corrected chi connectivity index (χ4v) is 5.16. The lowest BCUT2D eigenvalue weighted by Gasteiger charge is -2.35. The Labute approximate surface area is 143 Å². The summed E-state index contributed by atoms with van der Waals surface area (Å²) in [6.07, 6.45) is 6.14. The van der Waals surface area contributed by atoms with Crippen LogP contribution in [0.3, 0.4) is 0 Å². The summed E-state index contributed by atoms with van der Waals surface area (Å²) in [4.78, 5) is 19.2. The van der Waals surface area contributed by atoms with Crippen LogP contribution in [0, 0.1) is 0 Å². The summed E-state index contributed by atoms with van der Waals surface area (Å²) in [6, 6.07) is 3.98. The van der Waals surface area contributed by atoms with E-state index in [2.05, 4.69) is 11.1 Å². The van der Waals surface area contributed by atoms with E-state index in [-0.39, 0.29) is 24.2 Å². The van der Waals surface area contributed by atoms with E-state index in [1.807, 2.05) is 17.9 Å². The van der Waals surface area contributed by atoms with Crippen molar-refractivity contribution in [1.82, 2.24) is 14.2 Å². The summed E-state index contributed by atoms with van der Waals surface area (Å²) < 4.78 is 25.3. The lowest BCUT2D eigenvalue weighted by Crippen LogP contribution is -2.44. The van der Waals surface area contributed by atoms with Crippen molar-refractivity contribution in [2.75, 3.05) is 25.4 Å². The Kier molecular flexibility index (Phi) is 5.20. The number of rotatable bonds is 5. The molecule has 0 radical (unpaired) electrons. The molecule has 6 nitrogen and oxygen atoms in total. The van der Waals surface area contributed by atoms with E-state index in [1.165, 1.54) is 9.87 Å². The molecule has 0 saturated carbocycles. The quantitative estimate of drug-likeness (QED) is 0.810. The van der Waals surface area contributed by atoms with Crippen LogP contribution in [0.5, 0.6) is 0 Å². The number of hydrogen-bond acceptors (Lipinski definition) is 4. The lowest BCUT2D eigenvalue weighted by atomic mass is 9.90. The second kappa shape index (κ2) is 7.19. The van der Waals surface area contributed by atoms with Crippen molar-refractivity contribution < 1.29 is 13.2 Å². The molecule has 1 atom stereocenters. The Bertz CT molecular complexity index is 705. The summed E-state index contributed by atoms with van der Waals surface area (Å²) in [7, 11) is -3.25. The van der Waals surface area contributed by atoms with E-state index >= 15 is 0 Å². The van der Waals surface area contributed by atoms with Crippen molar-refractivity contribution in [2.24, 2.45) is 0 Å². The van der Waals surface area contributed by atoms with Crippen LogP contribution in [0.15, 0.2) is 18.3 Å². The van der Waals surface area contributed by atoms with Gasteiger partial charge >= 0.3 is 0 Å². The Morgan fingerprint density at radius 2 is 2.25 bits per heavy atom. The summed E-state index contributed by atoms with van der Waals surface area (Å²) in [5.74, 6) is 0.0489. The number of hydrogen-bond donors (Lipinski definition) is 0. The number of carbonyl (C=O) groups excluding carboxylic acids is 1. The van der Waals surface area contributed by atoms with Crippen molar-refractivity contribution in [3.05, 3.63) is 29.6 Å². The third-order valence-corrected chi connectivity index (χ3v) is 6.74. The maximum atomic E-state index is 12.9. The predicted octanol–water partition coefficient (Wildman–Crippen LogP) is 1.73.